The van der Waals surface area contributed by atoms with Crippen LogP contribution in [0.5, 0.6) is 0 Å². The third-order valence-corrected chi connectivity index (χ3v) is 4.33. The average molecular weight is 284 g/mol. The molecule has 0 bridgehead atoms. The molecule has 1 aromatic carbocycles. The van der Waals surface area contributed by atoms with Crippen LogP contribution in [0.15, 0.2) is 28.8 Å². The first-order valence-electron chi connectivity index (χ1n) is 7.70. The first-order chi connectivity index (χ1) is 10.3. The Bertz CT molecular complexity index is 635. The zero-order chi connectivity index (χ0) is 14.2. The quantitative estimate of drug-likeness (QED) is 0.935. The molecule has 2 heterocycles. The van der Waals surface area contributed by atoms with E-state index in [4.69, 9.17) is 4.52 Å². The predicted molar refractivity (Wildman–Crippen MR) is 81.1 cm³/mol. The second-order valence-corrected chi connectivity index (χ2v) is 6.05. The third kappa shape index (κ3) is 2.65. The smallest absolute Gasteiger partial charge is 0.260 e. The van der Waals surface area contributed by atoms with Gasteiger partial charge in [-0.15, -0.1) is 0 Å². The number of benzene rings is 1. The van der Waals surface area contributed by atoms with E-state index in [2.05, 4.69) is 26.4 Å². The van der Waals surface area contributed by atoms with Gasteiger partial charge in [-0.1, -0.05) is 17.3 Å². The predicted octanol–water partition coefficient (Wildman–Crippen LogP) is 2.69. The summed E-state index contributed by atoms with van der Waals surface area (Å²) in [5, 5.41) is 7.55. The van der Waals surface area contributed by atoms with Gasteiger partial charge in [0.2, 0.25) is 0 Å². The number of nitrogens with one attached hydrogen (secondary N) is 1. The molecule has 1 saturated carbocycles. The summed E-state index contributed by atoms with van der Waals surface area (Å²) in [5.41, 5.74) is 2.08. The Morgan fingerprint density at radius 2 is 2.10 bits per heavy atom. The van der Waals surface area contributed by atoms with Crippen molar-refractivity contribution in [3.05, 3.63) is 30.1 Å². The molecule has 1 saturated heterocycles. The Morgan fingerprint density at radius 1 is 1.24 bits per heavy atom. The molecular weight excluding hydrogens is 264 g/mol. The van der Waals surface area contributed by atoms with E-state index in [-0.39, 0.29) is 0 Å². The van der Waals surface area contributed by atoms with E-state index < -0.39 is 0 Å². The second kappa shape index (κ2) is 5.15. The van der Waals surface area contributed by atoms with E-state index in [1.54, 1.807) is 0 Å². The molecule has 5 heteroatoms. The van der Waals surface area contributed by atoms with Crippen molar-refractivity contribution in [1.82, 2.24) is 15.0 Å². The Morgan fingerprint density at radius 3 is 2.86 bits per heavy atom. The van der Waals surface area contributed by atoms with Crippen LogP contribution >= 0.6 is 0 Å². The summed E-state index contributed by atoms with van der Waals surface area (Å²) >= 11 is 0. The van der Waals surface area contributed by atoms with Crippen molar-refractivity contribution < 1.29 is 4.52 Å². The largest absolute Gasteiger partial charge is 0.380 e. The van der Waals surface area contributed by atoms with E-state index in [9.17, 15) is 0 Å². The van der Waals surface area contributed by atoms with E-state index in [1.165, 1.54) is 25.8 Å². The maximum atomic E-state index is 5.31. The van der Waals surface area contributed by atoms with Gasteiger partial charge in [-0.25, -0.2) is 0 Å². The Balaban J connectivity index is 1.52. The molecule has 1 aliphatic carbocycles. The molecule has 1 aliphatic heterocycles. The van der Waals surface area contributed by atoms with E-state index >= 15 is 0 Å². The van der Waals surface area contributed by atoms with E-state index in [1.807, 2.05) is 25.1 Å². The number of likely N-dealkylation sites (tertiary alicyclic amines) is 1. The van der Waals surface area contributed by atoms with Gasteiger partial charge in [-0.05, 0) is 38.3 Å². The zero-order valence-corrected chi connectivity index (χ0v) is 12.2. The van der Waals surface area contributed by atoms with Crippen LogP contribution < -0.4 is 5.32 Å². The molecule has 2 aromatic rings. The number of anilines is 1. The van der Waals surface area contributed by atoms with Crippen molar-refractivity contribution in [2.75, 3.05) is 18.4 Å². The van der Waals surface area contributed by atoms with Gasteiger partial charge in [-0.2, -0.15) is 4.98 Å². The van der Waals surface area contributed by atoms with Gasteiger partial charge in [-0.3, -0.25) is 4.90 Å². The number of para-hydroxylation sites is 1. The van der Waals surface area contributed by atoms with Crippen LogP contribution in [0.3, 0.4) is 0 Å². The van der Waals surface area contributed by atoms with Gasteiger partial charge in [0, 0.05) is 30.9 Å². The zero-order valence-electron chi connectivity index (χ0n) is 12.2. The van der Waals surface area contributed by atoms with E-state index in [0.717, 1.165) is 23.8 Å². The second-order valence-electron chi connectivity index (χ2n) is 6.05. The Hall–Kier alpha value is -1.88. The number of rotatable bonds is 4. The van der Waals surface area contributed by atoms with Crippen LogP contribution in [-0.2, 0) is 0 Å². The lowest BCUT2D eigenvalue weighted by Crippen LogP contribution is -2.27. The molecule has 5 nitrogen and oxygen atoms in total. The van der Waals surface area contributed by atoms with Gasteiger partial charge < -0.3 is 9.84 Å². The van der Waals surface area contributed by atoms with Gasteiger partial charge in [0.1, 0.15) is 0 Å². The lowest BCUT2D eigenvalue weighted by molar-refractivity contribution is 0.326. The van der Waals surface area contributed by atoms with Crippen molar-refractivity contribution in [2.24, 2.45) is 0 Å². The molecule has 2 fully saturated rings. The highest BCUT2D eigenvalue weighted by molar-refractivity contribution is 5.72. The fourth-order valence-corrected chi connectivity index (χ4v) is 3.10. The lowest BCUT2D eigenvalue weighted by Gasteiger charge is -2.17. The lowest BCUT2D eigenvalue weighted by atomic mass is 10.1. The fourth-order valence-electron chi connectivity index (χ4n) is 3.10. The summed E-state index contributed by atoms with van der Waals surface area (Å²) in [6, 6.07) is 9.53. The van der Waals surface area contributed by atoms with Crippen molar-refractivity contribution in [3.63, 3.8) is 0 Å². The summed E-state index contributed by atoms with van der Waals surface area (Å²) in [7, 11) is 0. The molecule has 110 valence electrons. The molecule has 0 spiro atoms. The summed E-state index contributed by atoms with van der Waals surface area (Å²) in [6.45, 7) is 4.19. The van der Waals surface area contributed by atoms with Gasteiger partial charge in [0.05, 0.1) is 5.56 Å². The highest BCUT2D eigenvalue weighted by Crippen LogP contribution is 2.32. The summed E-state index contributed by atoms with van der Waals surface area (Å²) in [6.07, 6.45) is 3.96. The minimum absolute atomic E-state index is 0.510. The molecule has 1 atom stereocenters. The number of aromatic nitrogens is 2. The van der Waals surface area contributed by atoms with Crippen molar-refractivity contribution in [1.29, 1.82) is 0 Å². The standard InChI is InChI=1S/C16H20N4O/c1-11-17-16(21-19-11)14-4-2-3-5-15(14)18-12-8-9-20(10-12)13-6-7-13/h2-5,12-13,18H,6-10H2,1H3. The molecule has 1 N–H and O–H groups in total. The fraction of sp³-hybridized carbons (Fsp3) is 0.500. The number of hydrogen-bond donors (Lipinski definition) is 1. The molecule has 4 rings (SSSR count). The molecule has 21 heavy (non-hydrogen) atoms. The van der Waals surface area contributed by atoms with E-state index in [0.29, 0.717) is 17.8 Å². The molecule has 0 amide bonds. The van der Waals surface area contributed by atoms with Crippen molar-refractivity contribution in [2.45, 2.75) is 38.3 Å². The minimum atomic E-state index is 0.510. The van der Waals surface area contributed by atoms with Gasteiger partial charge in [0.25, 0.3) is 5.89 Å². The SMILES string of the molecule is Cc1noc(-c2ccccc2NC2CCN(C3CC3)C2)n1. The molecule has 1 aromatic heterocycles. The van der Waals surface area contributed by atoms with Gasteiger partial charge in [0.15, 0.2) is 5.82 Å². The number of nitrogens with zero attached hydrogens (tertiary/aromatic N) is 3. The van der Waals surface area contributed by atoms with Crippen molar-refractivity contribution >= 4 is 5.69 Å². The monoisotopic (exact) mass is 284 g/mol. The summed E-state index contributed by atoms with van der Waals surface area (Å²) in [4.78, 5) is 6.95. The normalized spacial score (nSPS) is 22.6. The van der Waals surface area contributed by atoms with Crippen LogP contribution in [0, 0.1) is 6.92 Å². The topological polar surface area (TPSA) is 54.2 Å². The highest BCUT2D eigenvalue weighted by atomic mass is 16.5. The van der Waals surface area contributed by atoms with Crippen LogP contribution in [0.4, 0.5) is 5.69 Å². The molecular formula is C16H20N4O. The van der Waals surface area contributed by atoms with Crippen LogP contribution in [0.1, 0.15) is 25.1 Å². The highest BCUT2D eigenvalue weighted by Gasteiger charge is 2.34. The molecule has 2 aliphatic rings. The average Bonchev–Trinajstić information content (AvgIpc) is 3.09. The Labute approximate surface area is 124 Å². The summed E-state index contributed by atoms with van der Waals surface area (Å²) < 4.78 is 5.31. The maximum absolute atomic E-state index is 5.31. The Kier molecular flexibility index (Phi) is 3.15. The van der Waals surface area contributed by atoms with Crippen LogP contribution in [-0.4, -0.2) is 40.2 Å². The number of hydrogen-bond acceptors (Lipinski definition) is 5. The van der Waals surface area contributed by atoms with Crippen LogP contribution in [0.2, 0.25) is 0 Å². The summed E-state index contributed by atoms with van der Waals surface area (Å²) in [5.74, 6) is 1.26. The van der Waals surface area contributed by atoms with Crippen molar-refractivity contribution in [3.8, 4) is 11.5 Å². The van der Waals surface area contributed by atoms with Gasteiger partial charge >= 0.3 is 0 Å². The third-order valence-electron chi connectivity index (χ3n) is 4.33. The van der Waals surface area contributed by atoms with Crippen LogP contribution in [0.25, 0.3) is 11.5 Å². The molecule has 0 radical (unpaired) electrons. The first kappa shape index (κ1) is 12.8. The first-order valence-corrected chi connectivity index (χ1v) is 7.70. The maximum Gasteiger partial charge on any atom is 0.260 e. The minimum Gasteiger partial charge on any atom is -0.380 e. The molecule has 1 unspecified atom stereocenters. The number of aryl methyl sites for hydroxylation is 1.